The Kier molecular flexibility index (Phi) is 6.06. The molecule has 0 bridgehead atoms. The molecule has 5 nitrogen and oxygen atoms in total. The molecule has 1 aliphatic heterocycles. The summed E-state index contributed by atoms with van der Waals surface area (Å²) in [6, 6.07) is 30.1. The van der Waals surface area contributed by atoms with Crippen LogP contribution in [0.15, 0.2) is 96.0 Å². The van der Waals surface area contributed by atoms with Crippen LogP contribution in [-0.4, -0.2) is 17.4 Å². The van der Waals surface area contributed by atoms with E-state index in [1.54, 1.807) is 0 Å². The lowest BCUT2D eigenvalue weighted by Gasteiger charge is -2.36. The predicted octanol–water partition coefficient (Wildman–Crippen LogP) is 6.91. The van der Waals surface area contributed by atoms with Gasteiger partial charge in [-0.1, -0.05) is 66.7 Å². The number of aryl methyl sites for hydroxylation is 3. The molecule has 4 aromatic carbocycles. The summed E-state index contributed by atoms with van der Waals surface area (Å²) in [5, 5.41) is 10.2. The molecule has 0 aliphatic carbocycles. The van der Waals surface area contributed by atoms with Gasteiger partial charge in [0.2, 0.25) is 5.79 Å². The fourth-order valence-corrected chi connectivity index (χ4v) is 4.65. The van der Waals surface area contributed by atoms with Gasteiger partial charge in [-0.3, -0.25) is 4.79 Å². The average molecular weight is 475 g/mol. The highest BCUT2D eigenvalue weighted by Gasteiger charge is 2.31. The molecule has 0 fully saturated rings. The molecule has 180 valence electrons. The Morgan fingerprint density at radius 1 is 0.806 bits per heavy atom. The van der Waals surface area contributed by atoms with Crippen molar-refractivity contribution in [2.75, 3.05) is 16.0 Å². The zero-order chi connectivity index (χ0) is 25.3. The summed E-state index contributed by atoms with van der Waals surface area (Å²) in [5.74, 6) is -0.894. The summed E-state index contributed by atoms with van der Waals surface area (Å²) in [6.07, 6.45) is 0. The summed E-state index contributed by atoms with van der Waals surface area (Å²) < 4.78 is 0. The number of nitrogens with one attached hydrogen (secondary N) is 3. The number of aliphatic imine (C=N–C) groups is 1. The zero-order valence-corrected chi connectivity index (χ0v) is 21.0. The highest BCUT2D eigenvalue weighted by molar-refractivity contribution is 6.17. The number of para-hydroxylation sites is 2. The molecule has 1 heterocycles. The molecule has 5 heteroatoms. The van der Waals surface area contributed by atoms with Gasteiger partial charge in [-0.15, -0.1) is 0 Å². The third-order valence-corrected chi connectivity index (χ3v) is 6.53. The molecule has 5 rings (SSSR count). The number of fused-ring (bicyclic) bond motifs is 1. The first-order valence-electron chi connectivity index (χ1n) is 12.1. The van der Waals surface area contributed by atoms with Crippen molar-refractivity contribution in [3.63, 3.8) is 0 Å². The third kappa shape index (κ3) is 4.60. The molecule has 0 saturated heterocycles. The molecule has 1 unspecified atom stereocenters. The Balaban J connectivity index is 1.42. The Morgan fingerprint density at radius 3 is 2.22 bits per heavy atom. The summed E-state index contributed by atoms with van der Waals surface area (Å²) in [7, 11) is 0. The van der Waals surface area contributed by atoms with E-state index in [1.165, 1.54) is 0 Å². The molecule has 1 amide bonds. The maximum atomic E-state index is 13.0. The van der Waals surface area contributed by atoms with E-state index in [4.69, 9.17) is 4.99 Å². The molecular formula is C31H30N4O. The van der Waals surface area contributed by atoms with Gasteiger partial charge in [0, 0.05) is 33.8 Å². The van der Waals surface area contributed by atoms with Crippen molar-refractivity contribution >= 4 is 28.7 Å². The molecule has 0 spiro atoms. The number of carbonyl (C=O) groups excluding carboxylic acids is 1. The Hall–Kier alpha value is -4.38. The van der Waals surface area contributed by atoms with Crippen LogP contribution in [0, 0.1) is 20.8 Å². The normalized spacial score (nSPS) is 16.4. The second-order valence-corrected chi connectivity index (χ2v) is 9.44. The van der Waals surface area contributed by atoms with Gasteiger partial charge in [0.1, 0.15) is 0 Å². The number of benzene rings is 4. The van der Waals surface area contributed by atoms with Gasteiger partial charge in [0.25, 0.3) is 5.91 Å². The summed E-state index contributed by atoms with van der Waals surface area (Å²) in [6.45, 7) is 8.02. The van der Waals surface area contributed by atoms with E-state index in [0.29, 0.717) is 5.56 Å². The second-order valence-electron chi connectivity index (χ2n) is 9.44. The van der Waals surface area contributed by atoms with Crippen LogP contribution in [0.3, 0.4) is 0 Å². The monoisotopic (exact) mass is 474 g/mol. The molecule has 4 aromatic rings. The molecule has 0 radical (unpaired) electrons. The largest absolute Gasteiger partial charge is 0.344 e. The van der Waals surface area contributed by atoms with Gasteiger partial charge in [0.15, 0.2) is 0 Å². The van der Waals surface area contributed by atoms with E-state index >= 15 is 0 Å². The Bertz CT molecular complexity index is 1460. The highest BCUT2D eigenvalue weighted by atomic mass is 16.1. The van der Waals surface area contributed by atoms with Crippen molar-refractivity contribution in [3.05, 3.63) is 124 Å². The number of nitrogens with zero attached hydrogens (tertiary/aromatic N) is 1. The van der Waals surface area contributed by atoms with Gasteiger partial charge < -0.3 is 16.0 Å². The van der Waals surface area contributed by atoms with E-state index in [0.717, 1.165) is 50.6 Å². The number of amides is 1. The highest BCUT2D eigenvalue weighted by Crippen LogP contribution is 2.32. The van der Waals surface area contributed by atoms with Crippen LogP contribution in [0.4, 0.5) is 17.1 Å². The van der Waals surface area contributed by atoms with Crippen LogP contribution in [0.5, 0.6) is 0 Å². The second kappa shape index (κ2) is 9.34. The van der Waals surface area contributed by atoms with Gasteiger partial charge >= 0.3 is 0 Å². The number of rotatable bonds is 5. The summed E-state index contributed by atoms with van der Waals surface area (Å²) >= 11 is 0. The Labute approximate surface area is 212 Å². The van der Waals surface area contributed by atoms with Gasteiger partial charge in [-0.25, -0.2) is 4.99 Å². The number of hydrogen-bond acceptors (Lipinski definition) is 4. The van der Waals surface area contributed by atoms with E-state index < -0.39 is 5.79 Å². The first kappa shape index (κ1) is 23.4. The third-order valence-electron chi connectivity index (χ3n) is 6.53. The van der Waals surface area contributed by atoms with Gasteiger partial charge in [-0.2, -0.15) is 0 Å². The van der Waals surface area contributed by atoms with Crippen LogP contribution >= 0.6 is 0 Å². The number of carbonyl (C=O) groups is 1. The first-order chi connectivity index (χ1) is 17.3. The lowest BCUT2D eigenvalue weighted by Crippen LogP contribution is -2.45. The fraction of sp³-hybridized carbons (Fsp3) is 0.161. The number of hydrogen-bond donors (Lipinski definition) is 3. The molecule has 36 heavy (non-hydrogen) atoms. The van der Waals surface area contributed by atoms with E-state index in [9.17, 15) is 4.79 Å². The molecule has 0 saturated carbocycles. The van der Waals surface area contributed by atoms with E-state index in [1.807, 2.05) is 94.4 Å². The maximum absolute atomic E-state index is 13.0. The quantitative estimate of drug-likeness (QED) is 0.294. The lowest BCUT2D eigenvalue weighted by atomic mass is 9.98. The standard InChI is InChI=1S/C31H30N4O/c1-20-11-10-12-21(2)28(20)32-30(36)24-17-18-26(22(3)19-24)33-31(4)34-27-16-9-8-15-25(27)29(35-31)23-13-6-5-7-14-23/h5-19,33-34H,1-4H3,(H,32,36). The van der Waals surface area contributed by atoms with Crippen molar-refractivity contribution in [3.8, 4) is 0 Å². The average Bonchev–Trinajstić information content (AvgIpc) is 2.87. The Morgan fingerprint density at radius 2 is 1.50 bits per heavy atom. The molecule has 3 N–H and O–H groups in total. The zero-order valence-electron chi connectivity index (χ0n) is 21.0. The van der Waals surface area contributed by atoms with Gasteiger partial charge in [-0.05, 0) is 68.7 Å². The minimum absolute atomic E-state index is 0.123. The minimum Gasteiger partial charge on any atom is -0.344 e. The van der Waals surface area contributed by atoms with Crippen molar-refractivity contribution in [2.24, 2.45) is 4.99 Å². The van der Waals surface area contributed by atoms with Crippen LogP contribution in [-0.2, 0) is 0 Å². The van der Waals surface area contributed by atoms with Crippen molar-refractivity contribution in [1.29, 1.82) is 0 Å². The van der Waals surface area contributed by atoms with Crippen LogP contribution in [0.25, 0.3) is 0 Å². The molecule has 1 aliphatic rings. The van der Waals surface area contributed by atoms with Crippen molar-refractivity contribution in [1.82, 2.24) is 0 Å². The fourth-order valence-electron chi connectivity index (χ4n) is 4.65. The lowest BCUT2D eigenvalue weighted by molar-refractivity contribution is 0.102. The predicted molar refractivity (Wildman–Crippen MR) is 149 cm³/mol. The van der Waals surface area contributed by atoms with Crippen molar-refractivity contribution < 1.29 is 4.79 Å². The first-order valence-corrected chi connectivity index (χ1v) is 12.1. The molecular weight excluding hydrogens is 444 g/mol. The van der Waals surface area contributed by atoms with Crippen LogP contribution in [0.1, 0.15) is 45.1 Å². The molecule has 0 aromatic heterocycles. The van der Waals surface area contributed by atoms with Crippen molar-refractivity contribution in [2.45, 2.75) is 33.5 Å². The van der Waals surface area contributed by atoms with E-state index in [-0.39, 0.29) is 5.91 Å². The van der Waals surface area contributed by atoms with Crippen LogP contribution < -0.4 is 16.0 Å². The smallest absolute Gasteiger partial charge is 0.255 e. The minimum atomic E-state index is -0.772. The summed E-state index contributed by atoms with van der Waals surface area (Å²) in [4.78, 5) is 18.1. The maximum Gasteiger partial charge on any atom is 0.255 e. The topological polar surface area (TPSA) is 65.5 Å². The summed E-state index contributed by atoms with van der Waals surface area (Å²) in [5.41, 5.74) is 9.51. The molecule has 1 atom stereocenters. The van der Waals surface area contributed by atoms with Gasteiger partial charge in [0.05, 0.1) is 5.71 Å². The number of anilines is 3. The van der Waals surface area contributed by atoms with Crippen LogP contribution in [0.2, 0.25) is 0 Å². The van der Waals surface area contributed by atoms with E-state index in [2.05, 4.69) is 40.2 Å². The SMILES string of the molecule is Cc1cc(C(=O)Nc2c(C)cccc2C)ccc1NC1(C)N=C(c2ccccc2)c2ccccc2N1.